The highest BCUT2D eigenvalue weighted by atomic mass is 32.2. The van der Waals surface area contributed by atoms with Gasteiger partial charge in [0.2, 0.25) is 0 Å². The molecule has 1 heterocycles. The van der Waals surface area contributed by atoms with Crippen LogP contribution in [0.1, 0.15) is 22.3 Å². The number of benzene rings is 3. The summed E-state index contributed by atoms with van der Waals surface area (Å²) < 4.78 is 57.8. The second-order valence-electron chi connectivity index (χ2n) is 7.27. The van der Waals surface area contributed by atoms with E-state index in [4.69, 9.17) is 4.18 Å². The zero-order chi connectivity index (χ0) is 23.8. The van der Waals surface area contributed by atoms with Crippen molar-refractivity contribution in [3.05, 3.63) is 93.5 Å². The lowest BCUT2D eigenvalue weighted by molar-refractivity contribution is -0.385. The summed E-state index contributed by atoms with van der Waals surface area (Å²) >= 11 is 0. The number of anilines is 1. The van der Waals surface area contributed by atoms with Crippen LogP contribution >= 0.6 is 0 Å². The molecule has 0 saturated heterocycles. The summed E-state index contributed by atoms with van der Waals surface area (Å²) in [5.74, 6) is -2.20. The van der Waals surface area contributed by atoms with E-state index in [2.05, 4.69) is 0 Å². The normalized spacial score (nSPS) is 13.3. The molecule has 1 amide bonds. The van der Waals surface area contributed by atoms with Gasteiger partial charge in [0, 0.05) is 30.3 Å². The van der Waals surface area contributed by atoms with Crippen molar-refractivity contribution in [1.82, 2.24) is 0 Å². The van der Waals surface area contributed by atoms with Gasteiger partial charge in [-0.2, -0.15) is 8.42 Å². The summed E-state index contributed by atoms with van der Waals surface area (Å²) in [5, 5.41) is 10.9. The largest absolute Gasteiger partial charge is 0.379 e. The molecular formula is C22H16F2N2O6S. The Balaban J connectivity index is 1.56. The lowest BCUT2D eigenvalue weighted by atomic mass is 10.00. The van der Waals surface area contributed by atoms with E-state index < -0.39 is 43.2 Å². The lowest BCUT2D eigenvalue weighted by Gasteiger charge is -2.30. The van der Waals surface area contributed by atoms with Gasteiger partial charge in [-0.1, -0.05) is 6.07 Å². The molecule has 0 N–H and O–H groups in total. The van der Waals surface area contributed by atoms with Gasteiger partial charge in [-0.15, -0.1) is 0 Å². The molecule has 3 aromatic rings. The van der Waals surface area contributed by atoms with Crippen molar-refractivity contribution in [3.63, 3.8) is 0 Å². The number of carbonyl (C=O) groups is 1. The van der Waals surface area contributed by atoms with Gasteiger partial charge in [-0.05, 0) is 54.8 Å². The summed E-state index contributed by atoms with van der Waals surface area (Å²) in [6.07, 6.45) is 0.973. The van der Waals surface area contributed by atoms with Gasteiger partial charge in [0.1, 0.15) is 22.3 Å². The van der Waals surface area contributed by atoms with E-state index in [9.17, 15) is 32.1 Å². The van der Waals surface area contributed by atoms with Crippen LogP contribution in [0.2, 0.25) is 0 Å². The molecule has 0 atom stereocenters. The molecule has 0 bridgehead atoms. The fraction of sp³-hybridized carbons (Fsp3) is 0.136. The van der Waals surface area contributed by atoms with Gasteiger partial charge in [-0.25, -0.2) is 8.78 Å². The topological polar surface area (TPSA) is 107 Å². The molecule has 0 spiro atoms. The number of nitro benzene ring substituents is 1. The molecule has 1 aliphatic heterocycles. The summed E-state index contributed by atoms with van der Waals surface area (Å²) in [4.78, 5) is 23.9. The Bertz CT molecular complexity index is 1360. The van der Waals surface area contributed by atoms with E-state index in [1.54, 1.807) is 0 Å². The van der Waals surface area contributed by atoms with Crippen molar-refractivity contribution >= 4 is 27.4 Å². The zero-order valence-corrected chi connectivity index (χ0v) is 17.7. The first kappa shape index (κ1) is 22.3. The third kappa shape index (κ3) is 4.53. The predicted molar refractivity (Wildman–Crippen MR) is 114 cm³/mol. The van der Waals surface area contributed by atoms with Crippen LogP contribution < -0.4 is 9.08 Å². The average molecular weight is 474 g/mol. The third-order valence-electron chi connectivity index (χ3n) is 5.07. The summed E-state index contributed by atoms with van der Waals surface area (Å²) in [6, 6.07) is 11.4. The maximum absolute atomic E-state index is 14.4. The number of nitro groups is 1. The first-order valence-corrected chi connectivity index (χ1v) is 11.2. The Kier molecular flexibility index (Phi) is 5.81. The molecule has 0 aromatic heterocycles. The maximum Gasteiger partial charge on any atom is 0.339 e. The molecule has 1 aliphatic rings. The second kappa shape index (κ2) is 8.58. The predicted octanol–water partition coefficient (Wildman–Crippen LogP) is 4.23. The molecule has 4 rings (SSSR count). The Labute approximate surface area is 187 Å². The van der Waals surface area contributed by atoms with Crippen LogP contribution in [0.25, 0.3) is 0 Å². The van der Waals surface area contributed by atoms with Gasteiger partial charge in [-0.3, -0.25) is 14.9 Å². The average Bonchev–Trinajstić information content (AvgIpc) is 2.78. The standard InChI is InChI=1S/C22H16F2N2O6S/c23-16-11-15-3-2-10-25(21(15)20(24)12-16)22(27)14-6-8-18(9-7-14)32-33(30,31)19-5-1-4-17(13-19)26(28)29/h1,4-9,11-13H,2-3,10H2. The molecule has 170 valence electrons. The molecule has 0 unspecified atom stereocenters. The van der Waals surface area contributed by atoms with E-state index in [0.717, 1.165) is 24.3 Å². The number of fused-ring (bicyclic) bond motifs is 1. The van der Waals surface area contributed by atoms with Crippen LogP contribution in [0.15, 0.2) is 65.6 Å². The number of amides is 1. The number of carbonyl (C=O) groups excluding carboxylic acids is 1. The molecule has 8 nitrogen and oxygen atoms in total. The zero-order valence-electron chi connectivity index (χ0n) is 16.9. The van der Waals surface area contributed by atoms with Crippen LogP contribution in [0.5, 0.6) is 5.75 Å². The van der Waals surface area contributed by atoms with Gasteiger partial charge >= 0.3 is 10.1 Å². The minimum atomic E-state index is -4.36. The number of nitrogens with zero attached hydrogens (tertiary/aromatic N) is 2. The maximum atomic E-state index is 14.4. The summed E-state index contributed by atoms with van der Waals surface area (Å²) in [5.41, 5.74) is 0.164. The van der Waals surface area contributed by atoms with Gasteiger partial charge in [0.05, 0.1) is 10.6 Å². The first-order chi connectivity index (χ1) is 15.7. The van der Waals surface area contributed by atoms with E-state index in [1.165, 1.54) is 41.3 Å². The van der Waals surface area contributed by atoms with Gasteiger partial charge in [0.15, 0.2) is 0 Å². The van der Waals surface area contributed by atoms with Crippen molar-refractivity contribution in [1.29, 1.82) is 0 Å². The van der Waals surface area contributed by atoms with E-state index >= 15 is 0 Å². The fourth-order valence-electron chi connectivity index (χ4n) is 3.59. The van der Waals surface area contributed by atoms with Crippen molar-refractivity contribution in [2.45, 2.75) is 17.7 Å². The second-order valence-corrected chi connectivity index (χ2v) is 8.82. The summed E-state index contributed by atoms with van der Waals surface area (Å²) in [7, 11) is -4.36. The Morgan fingerprint density at radius 3 is 2.48 bits per heavy atom. The quantitative estimate of drug-likeness (QED) is 0.311. The van der Waals surface area contributed by atoms with E-state index in [-0.39, 0.29) is 23.5 Å². The van der Waals surface area contributed by atoms with E-state index in [1.807, 2.05) is 0 Å². The minimum absolute atomic E-state index is 0.0289. The highest BCUT2D eigenvalue weighted by molar-refractivity contribution is 7.87. The molecule has 0 fully saturated rings. The molecule has 33 heavy (non-hydrogen) atoms. The molecule has 3 aromatic carbocycles. The summed E-state index contributed by atoms with van der Waals surface area (Å²) in [6.45, 7) is 0.244. The molecule has 0 saturated carbocycles. The molecular weight excluding hydrogens is 458 g/mol. The minimum Gasteiger partial charge on any atom is -0.379 e. The highest BCUT2D eigenvalue weighted by Gasteiger charge is 2.28. The number of halogens is 2. The van der Waals surface area contributed by atoms with Crippen LogP contribution in [0, 0.1) is 21.7 Å². The number of non-ortho nitro benzene ring substituents is 1. The first-order valence-electron chi connectivity index (χ1n) is 9.74. The van der Waals surface area contributed by atoms with Crippen LogP contribution in [-0.4, -0.2) is 25.8 Å². The Morgan fingerprint density at radius 1 is 1.06 bits per heavy atom. The SMILES string of the molecule is O=C(c1ccc(OS(=O)(=O)c2cccc([N+](=O)[O-])c2)cc1)N1CCCc2cc(F)cc(F)c21. The molecule has 11 heteroatoms. The lowest BCUT2D eigenvalue weighted by Crippen LogP contribution is -2.36. The van der Waals surface area contributed by atoms with Crippen molar-refractivity contribution < 1.29 is 31.1 Å². The number of hydrogen-bond acceptors (Lipinski definition) is 6. The smallest absolute Gasteiger partial charge is 0.339 e. The monoisotopic (exact) mass is 474 g/mol. The van der Waals surface area contributed by atoms with Crippen molar-refractivity contribution in [2.24, 2.45) is 0 Å². The van der Waals surface area contributed by atoms with Gasteiger partial charge < -0.3 is 9.08 Å². The number of hydrogen-bond donors (Lipinski definition) is 0. The van der Waals surface area contributed by atoms with Crippen LogP contribution in [0.3, 0.4) is 0 Å². The highest BCUT2D eigenvalue weighted by Crippen LogP contribution is 2.32. The molecule has 0 aliphatic carbocycles. The van der Waals surface area contributed by atoms with Gasteiger partial charge in [0.25, 0.3) is 11.6 Å². The fourth-order valence-corrected chi connectivity index (χ4v) is 4.56. The van der Waals surface area contributed by atoms with E-state index in [0.29, 0.717) is 18.4 Å². The van der Waals surface area contributed by atoms with Crippen molar-refractivity contribution in [3.8, 4) is 5.75 Å². The van der Waals surface area contributed by atoms with Crippen LogP contribution in [0.4, 0.5) is 20.2 Å². The number of rotatable bonds is 5. The van der Waals surface area contributed by atoms with Crippen molar-refractivity contribution in [2.75, 3.05) is 11.4 Å². The Morgan fingerprint density at radius 2 is 1.79 bits per heavy atom. The Hall–Kier alpha value is -3.86. The molecule has 0 radical (unpaired) electrons. The number of aryl methyl sites for hydroxylation is 1. The van der Waals surface area contributed by atoms with Crippen LogP contribution in [-0.2, 0) is 16.5 Å². The third-order valence-corrected chi connectivity index (χ3v) is 6.32.